The van der Waals surface area contributed by atoms with Crippen LogP contribution >= 0.6 is 0 Å². The third-order valence-corrected chi connectivity index (χ3v) is 2.17. The molecule has 2 atom stereocenters. The van der Waals surface area contributed by atoms with E-state index in [1.54, 1.807) is 14.0 Å². The van der Waals surface area contributed by atoms with Crippen LogP contribution in [0, 0.1) is 0 Å². The fourth-order valence-corrected chi connectivity index (χ4v) is 1.38. The second-order valence-corrected chi connectivity index (χ2v) is 3.68. The number of nitrogens with two attached hydrogens (primary N) is 1. The molecule has 0 bridgehead atoms. The summed E-state index contributed by atoms with van der Waals surface area (Å²) in [6.45, 7) is 4.26. The maximum atomic E-state index is 11.6. The molecule has 0 saturated carbocycles. The van der Waals surface area contributed by atoms with Gasteiger partial charge >= 0.3 is 5.97 Å². The average Bonchev–Trinajstić information content (AvgIpc) is 2.29. The number of amides is 1. The summed E-state index contributed by atoms with van der Waals surface area (Å²) < 4.78 is 9.64. The summed E-state index contributed by atoms with van der Waals surface area (Å²) in [4.78, 5) is 22.9. The van der Waals surface area contributed by atoms with Gasteiger partial charge < -0.3 is 20.5 Å². The molecule has 6 heteroatoms. The first kappa shape index (κ1) is 15.9. The molecule has 0 aromatic carbocycles. The molecule has 3 N–H and O–H groups in total. The van der Waals surface area contributed by atoms with Gasteiger partial charge in [0.1, 0.15) is 0 Å². The Balaban J connectivity index is 4.23. The van der Waals surface area contributed by atoms with Gasteiger partial charge in [-0.15, -0.1) is 0 Å². The number of rotatable bonds is 8. The van der Waals surface area contributed by atoms with Crippen molar-refractivity contribution in [3.63, 3.8) is 0 Å². The van der Waals surface area contributed by atoms with Crippen molar-refractivity contribution in [3.8, 4) is 0 Å². The van der Waals surface area contributed by atoms with E-state index >= 15 is 0 Å². The van der Waals surface area contributed by atoms with Crippen molar-refractivity contribution in [2.45, 2.75) is 38.8 Å². The topological polar surface area (TPSA) is 90.6 Å². The van der Waals surface area contributed by atoms with Gasteiger partial charge in [-0.3, -0.25) is 4.79 Å². The van der Waals surface area contributed by atoms with Crippen LogP contribution in [0.5, 0.6) is 0 Å². The second kappa shape index (κ2) is 8.95. The quantitative estimate of drug-likeness (QED) is 0.457. The van der Waals surface area contributed by atoms with Crippen molar-refractivity contribution in [2.75, 3.05) is 20.3 Å². The average molecular weight is 246 g/mol. The van der Waals surface area contributed by atoms with Crippen molar-refractivity contribution < 1.29 is 19.1 Å². The van der Waals surface area contributed by atoms with Crippen LogP contribution in [0.4, 0.5) is 0 Å². The van der Waals surface area contributed by atoms with Gasteiger partial charge in [0, 0.05) is 7.11 Å². The molecule has 100 valence electrons. The van der Waals surface area contributed by atoms with Crippen LogP contribution in [0.1, 0.15) is 26.7 Å². The minimum Gasteiger partial charge on any atom is -0.464 e. The number of carbonyl (C=O) groups excluding carboxylic acids is 2. The number of nitrogens with one attached hydrogen (secondary N) is 1. The lowest BCUT2D eigenvalue weighted by atomic mass is 10.1. The Morgan fingerprint density at radius 2 is 2.00 bits per heavy atom. The summed E-state index contributed by atoms with van der Waals surface area (Å²) >= 11 is 0. The highest BCUT2D eigenvalue weighted by atomic mass is 16.5. The summed E-state index contributed by atoms with van der Waals surface area (Å²) in [6.07, 6.45) is 1.68. The molecule has 1 amide bonds. The zero-order valence-electron chi connectivity index (χ0n) is 10.7. The van der Waals surface area contributed by atoms with Crippen LogP contribution in [0.25, 0.3) is 0 Å². The van der Waals surface area contributed by atoms with Gasteiger partial charge in [-0.2, -0.15) is 0 Å². The summed E-state index contributed by atoms with van der Waals surface area (Å²) in [5, 5.41) is 2.67. The highest BCUT2D eigenvalue weighted by Crippen LogP contribution is 1.98. The first-order chi connectivity index (χ1) is 8.06. The molecule has 0 aromatic heterocycles. The molecular formula is C11H22N2O4. The van der Waals surface area contributed by atoms with Gasteiger partial charge in [-0.1, -0.05) is 13.3 Å². The van der Waals surface area contributed by atoms with E-state index < -0.39 is 17.9 Å². The number of esters is 1. The van der Waals surface area contributed by atoms with E-state index in [-0.39, 0.29) is 12.6 Å². The standard InChI is InChI=1S/C11H22N2O4/c1-4-6-8(7-16-3)13-10(14)9(12)11(15)17-5-2/h8-9H,4-7,12H2,1-3H3,(H,13,14). The Labute approximate surface area is 102 Å². The van der Waals surface area contributed by atoms with Crippen molar-refractivity contribution in [2.24, 2.45) is 5.73 Å². The highest BCUT2D eigenvalue weighted by molar-refractivity contribution is 6.01. The first-order valence-electron chi connectivity index (χ1n) is 5.78. The van der Waals surface area contributed by atoms with Gasteiger partial charge in [-0.25, -0.2) is 4.79 Å². The zero-order chi connectivity index (χ0) is 13.3. The molecule has 0 aliphatic heterocycles. The lowest BCUT2D eigenvalue weighted by Gasteiger charge is -2.19. The number of hydrogen-bond donors (Lipinski definition) is 2. The van der Waals surface area contributed by atoms with Crippen molar-refractivity contribution in [3.05, 3.63) is 0 Å². The lowest BCUT2D eigenvalue weighted by Crippen LogP contribution is -2.51. The first-order valence-corrected chi connectivity index (χ1v) is 5.78. The number of carbonyl (C=O) groups is 2. The molecule has 0 fully saturated rings. The number of methoxy groups -OCH3 is 1. The van der Waals surface area contributed by atoms with Gasteiger partial charge in [-0.05, 0) is 13.3 Å². The molecule has 6 nitrogen and oxygen atoms in total. The van der Waals surface area contributed by atoms with Gasteiger partial charge in [0.05, 0.1) is 19.3 Å². The molecule has 0 saturated heterocycles. The minimum absolute atomic E-state index is 0.127. The summed E-state index contributed by atoms with van der Waals surface area (Å²) in [5.41, 5.74) is 5.46. The maximum Gasteiger partial charge on any atom is 0.332 e. The molecule has 17 heavy (non-hydrogen) atoms. The van der Waals surface area contributed by atoms with E-state index in [1.807, 2.05) is 6.92 Å². The third kappa shape index (κ3) is 6.23. The Morgan fingerprint density at radius 1 is 1.35 bits per heavy atom. The molecule has 0 aliphatic carbocycles. The highest BCUT2D eigenvalue weighted by Gasteiger charge is 2.25. The van der Waals surface area contributed by atoms with Crippen LogP contribution < -0.4 is 11.1 Å². The van der Waals surface area contributed by atoms with Crippen LogP contribution in [-0.2, 0) is 19.1 Å². The molecule has 0 heterocycles. The summed E-state index contributed by atoms with van der Waals surface area (Å²) in [7, 11) is 1.56. The third-order valence-electron chi connectivity index (χ3n) is 2.17. The minimum atomic E-state index is -1.27. The fraction of sp³-hybridized carbons (Fsp3) is 0.818. The predicted molar refractivity (Wildman–Crippen MR) is 63.3 cm³/mol. The van der Waals surface area contributed by atoms with Crippen LogP contribution in [0.3, 0.4) is 0 Å². The van der Waals surface area contributed by atoms with Gasteiger partial charge in [0.2, 0.25) is 5.91 Å². The molecule has 0 aliphatic rings. The van der Waals surface area contributed by atoms with Crippen LogP contribution in [0.15, 0.2) is 0 Å². The molecule has 0 aromatic rings. The smallest absolute Gasteiger partial charge is 0.332 e. The number of ether oxygens (including phenoxy) is 2. The van der Waals surface area contributed by atoms with Crippen molar-refractivity contribution in [1.82, 2.24) is 5.32 Å². The maximum absolute atomic E-state index is 11.6. The van der Waals surface area contributed by atoms with E-state index in [0.29, 0.717) is 6.61 Å². The van der Waals surface area contributed by atoms with E-state index in [1.165, 1.54) is 0 Å². The normalized spacial score (nSPS) is 13.9. The summed E-state index contributed by atoms with van der Waals surface area (Å²) in [5.74, 6) is -1.24. The Bertz CT molecular complexity index is 240. The molecule has 0 rings (SSSR count). The lowest BCUT2D eigenvalue weighted by molar-refractivity contribution is -0.148. The fourth-order valence-electron chi connectivity index (χ4n) is 1.38. The molecule has 0 radical (unpaired) electrons. The Hall–Kier alpha value is -1.14. The molecule has 2 unspecified atom stereocenters. The van der Waals surface area contributed by atoms with E-state index in [2.05, 4.69) is 10.1 Å². The number of hydrogen-bond acceptors (Lipinski definition) is 5. The Morgan fingerprint density at radius 3 is 2.47 bits per heavy atom. The zero-order valence-corrected chi connectivity index (χ0v) is 10.7. The second-order valence-electron chi connectivity index (χ2n) is 3.68. The van der Waals surface area contributed by atoms with E-state index in [9.17, 15) is 9.59 Å². The van der Waals surface area contributed by atoms with Crippen molar-refractivity contribution in [1.29, 1.82) is 0 Å². The van der Waals surface area contributed by atoms with E-state index in [0.717, 1.165) is 12.8 Å². The molecular weight excluding hydrogens is 224 g/mol. The molecule has 0 spiro atoms. The predicted octanol–water partition coefficient (Wildman–Crippen LogP) is -0.192. The summed E-state index contributed by atoms with van der Waals surface area (Å²) in [6, 6.07) is -1.40. The SMILES string of the molecule is CCCC(COC)NC(=O)C(N)C(=O)OCC. The van der Waals surface area contributed by atoms with Crippen molar-refractivity contribution >= 4 is 11.9 Å². The van der Waals surface area contributed by atoms with Crippen LogP contribution in [0.2, 0.25) is 0 Å². The van der Waals surface area contributed by atoms with Crippen LogP contribution in [-0.4, -0.2) is 44.3 Å². The van der Waals surface area contributed by atoms with E-state index in [4.69, 9.17) is 10.5 Å². The monoisotopic (exact) mass is 246 g/mol. The van der Waals surface area contributed by atoms with Gasteiger partial charge in [0.15, 0.2) is 6.04 Å². The Kier molecular flexibility index (Phi) is 8.35. The van der Waals surface area contributed by atoms with Gasteiger partial charge in [0.25, 0.3) is 0 Å². The largest absolute Gasteiger partial charge is 0.464 e.